The average molecular weight is 193 g/mol. The van der Waals surface area contributed by atoms with Crippen molar-refractivity contribution in [3.8, 4) is 0 Å². The van der Waals surface area contributed by atoms with Crippen LogP contribution in [0.5, 0.6) is 0 Å². The molecule has 0 radical (unpaired) electrons. The number of nitrogens with two attached hydrogens (primary N) is 1. The lowest BCUT2D eigenvalue weighted by molar-refractivity contribution is 0.207. The van der Waals surface area contributed by atoms with Crippen LogP contribution in [-0.2, 0) is 4.74 Å². The fraction of sp³-hybridized carbons (Fsp3) is 0.300. The van der Waals surface area contributed by atoms with Crippen molar-refractivity contribution >= 4 is 11.5 Å². The monoisotopic (exact) mass is 193 g/mol. The highest BCUT2D eigenvalue weighted by Crippen LogP contribution is 2.09. The second-order valence-corrected chi connectivity index (χ2v) is 2.78. The van der Waals surface area contributed by atoms with Gasteiger partial charge in [-0.2, -0.15) is 0 Å². The molecule has 0 aliphatic rings. The highest BCUT2D eigenvalue weighted by atomic mass is 16.5. The number of methoxy groups -OCH3 is 1. The van der Waals surface area contributed by atoms with E-state index in [-0.39, 0.29) is 0 Å². The first-order chi connectivity index (χ1) is 6.86. The number of benzene rings is 1. The molecule has 0 bridgehead atoms. The summed E-state index contributed by atoms with van der Waals surface area (Å²) in [6.45, 7) is 0.607. The molecular weight excluding hydrogens is 178 g/mol. The van der Waals surface area contributed by atoms with Gasteiger partial charge in [0, 0.05) is 13.5 Å². The minimum Gasteiger partial charge on any atom is -0.384 e. The number of nitrogens with zero attached hydrogens (tertiary/aromatic N) is 1. The van der Waals surface area contributed by atoms with E-state index in [4.69, 9.17) is 10.6 Å². The zero-order valence-corrected chi connectivity index (χ0v) is 8.23. The maximum absolute atomic E-state index is 5.33. The van der Waals surface area contributed by atoms with Gasteiger partial charge in [0.25, 0.3) is 0 Å². The van der Waals surface area contributed by atoms with Crippen molar-refractivity contribution in [3.05, 3.63) is 30.3 Å². The van der Waals surface area contributed by atoms with E-state index in [1.165, 1.54) is 0 Å². The fourth-order valence-electron chi connectivity index (χ4n) is 1.02. The molecule has 0 aliphatic heterocycles. The van der Waals surface area contributed by atoms with E-state index in [9.17, 15) is 0 Å². The summed E-state index contributed by atoms with van der Waals surface area (Å²) in [6.07, 6.45) is 0.682. The van der Waals surface area contributed by atoms with Crippen LogP contribution >= 0.6 is 0 Å². The maximum atomic E-state index is 5.33. The van der Waals surface area contributed by atoms with Crippen molar-refractivity contribution in [2.75, 3.05) is 13.7 Å². The molecule has 14 heavy (non-hydrogen) atoms. The zero-order chi connectivity index (χ0) is 10.2. The quantitative estimate of drug-likeness (QED) is 0.327. The molecule has 0 fully saturated rings. The van der Waals surface area contributed by atoms with Gasteiger partial charge in [0.05, 0.1) is 12.3 Å². The smallest absolute Gasteiger partial charge is 0.118 e. The van der Waals surface area contributed by atoms with Crippen LogP contribution in [0.25, 0.3) is 0 Å². The third-order valence-corrected chi connectivity index (χ3v) is 1.73. The number of hydrazine groups is 1. The number of hydrogen-bond donors (Lipinski definition) is 2. The van der Waals surface area contributed by atoms with Gasteiger partial charge in [-0.15, -0.1) is 0 Å². The molecule has 1 rings (SSSR count). The van der Waals surface area contributed by atoms with E-state index < -0.39 is 0 Å². The van der Waals surface area contributed by atoms with E-state index in [0.29, 0.717) is 13.0 Å². The van der Waals surface area contributed by atoms with E-state index in [2.05, 4.69) is 10.4 Å². The van der Waals surface area contributed by atoms with Gasteiger partial charge in [-0.25, -0.2) is 10.8 Å². The Labute approximate surface area is 83.8 Å². The molecule has 76 valence electrons. The molecule has 4 nitrogen and oxygen atoms in total. The molecular formula is C10H15N3O. The van der Waals surface area contributed by atoms with Crippen LogP contribution in [0.2, 0.25) is 0 Å². The van der Waals surface area contributed by atoms with Crippen LogP contribution in [0, 0.1) is 0 Å². The number of para-hydroxylation sites is 1. The second-order valence-electron chi connectivity index (χ2n) is 2.78. The first kappa shape index (κ1) is 10.7. The Hall–Kier alpha value is -1.39. The molecule has 1 aromatic rings. The molecule has 0 unspecified atom stereocenters. The van der Waals surface area contributed by atoms with Gasteiger partial charge in [-0.05, 0) is 12.1 Å². The predicted octanol–water partition coefficient (Wildman–Crippen LogP) is 1.22. The minimum absolute atomic E-state index is 0.607. The number of hydrogen-bond acceptors (Lipinski definition) is 3. The van der Waals surface area contributed by atoms with Gasteiger partial charge >= 0.3 is 0 Å². The van der Waals surface area contributed by atoms with Gasteiger partial charge in [0.2, 0.25) is 0 Å². The van der Waals surface area contributed by atoms with E-state index >= 15 is 0 Å². The van der Waals surface area contributed by atoms with Gasteiger partial charge < -0.3 is 10.2 Å². The SMILES string of the molecule is COCCC(=Nc1ccccc1)NN. The standard InChI is InChI=1S/C10H15N3O/c1-14-8-7-10(13-11)12-9-5-3-2-4-6-9/h2-6H,7-8,11H2,1H3,(H,12,13). The Morgan fingerprint density at radius 2 is 2.14 bits per heavy atom. The van der Waals surface area contributed by atoms with Gasteiger partial charge in [0.1, 0.15) is 5.84 Å². The van der Waals surface area contributed by atoms with Crippen molar-refractivity contribution in [3.63, 3.8) is 0 Å². The lowest BCUT2D eigenvalue weighted by Crippen LogP contribution is -2.30. The predicted molar refractivity (Wildman–Crippen MR) is 57.4 cm³/mol. The maximum Gasteiger partial charge on any atom is 0.118 e. The molecule has 3 N–H and O–H groups in total. The summed E-state index contributed by atoms with van der Waals surface area (Å²) in [4.78, 5) is 4.32. The summed E-state index contributed by atoms with van der Waals surface area (Å²) in [5.74, 6) is 6.05. The summed E-state index contributed by atoms with van der Waals surface area (Å²) in [6, 6.07) is 9.66. The van der Waals surface area contributed by atoms with Crippen molar-refractivity contribution in [2.24, 2.45) is 10.8 Å². The van der Waals surface area contributed by atoms with Crippen molar-refractivity contribution in [2.45, 2.75) is 6.42 Å². The number of rotatable bonds is 4. The summed E-state index contributed by atoms with van der Waals surface area (Å²) in [7, 11) is 1.65. The third kappa shape index (κ3) is 3.55. The van der Waals surface area contributed by atoms with E-state index in [0.717, 1.165) is 11.5 Å². The first-order valence-corrected chi connectivity index (χ1v) is 4.45. The van der Waals surface area contributed by atoms with Crippen LogP contribution < -0.4 is 11.3 Å². The first-order valence-electron chi connectivity index (χ1n) is 4.45. The molecule has 0 aromatic heterocycles. The van der Waals surface area contributed by atoms with Gasteiger partial charge in [-0.3, -0.25) is 0 Å². The van der Waals surface area contributed by atoms with Gasteiger partial charge in [-0.1, -0.05) is 18.2 Å². The van der Waals surface area contributed by atoms with Crippen LogP contribution in [0.3, 0.4) is 0 Å². The molecule has 4 heteroatoms. The lowest BCUT2D eigenvalue weighted by Gasteiger charge is -2.04. The molecule has 0 aliphatic carbocycles. The minimum atomic E-state index is 0.607. The van der Waals surface area contributed by atoms with Gasteiger partial charge in [0.15, 0.2) is 0 Å². The summed E-state index contributed by atoms with van der Waals surface area (Å²) in [5, 5.41) is 0. The Morgan fingerprint density at radius 3 is 2.71 bits per heavy atom. The highest BCUT2D eigenvalue weighted by molar-refractivity contribution is 5.84. The Bertz CT molecular complexity index is 285. The van der Waals surface area contributed by atoms with Crippen LogP contribution in [0.1, 0.15) is 6.42 Å². The van der Waals surface area contributed by atoms with E-state index in [1.54, 1.807) is 7.11 Å². The number of aliphatic imine (C=N–C) groups is 1. The van der Waals surface area contributed by atoms with Crippen LogP contribution in [0.15, 0.2) is 35.3 Å². The Morgan fingerprint density at radius 1 is 1.43 bits per heavy atom. The summed E-state index contributed by atoms with van der Waals surface area (Å²) >= 11 is 0. The molecule has 0 saturated carbocycles. The topological polar surface area (TPSA) is 59.6 Å². The molecule has 1 aromatic carbocycles. The number of ether oxygens (including phenoxy) is 1. The third-order valence-electron chi connectivity index (χ3n) is 1.73. The van der Waals surface area contributed by atoms with Crippen molar-refractivity contribution in [1.29, 1.82) is 0 Å². The normalized spacial score (nSPS) is 11.4. The largest absolute Gasteiger partial charge is 0.384 e. The average Bonchev–Trinajstić information content (AvgIpc) is 2.25. The fourth-order valence-corrected chi connectivity index (χ4v) is 1.02. The molecule has 0 atom stereocenters. The van der Waals surface area contributed by atoms with Crippen LogP contribution in [0.4, 0.5) is 5.69 Å². The molecule has 0 heterocycles. The Kier molecular flexibility index (Phi) is 4.68. The zero-order valence-electron chi connectivity index (χ0n) is 8.23. The second kappa shape index (κ2) is 6.12. The Balaban J connectivity index is 2.64. The van der Waals surface area contributed by atoms with E-state index in [1.807, 2.05) is 30.3 Å². The summed E-state index contributed by atoms with van der Waals surface area (Å²) < 4.78 is 4.94. The van der Waals surface area contributed by atoms with Crippen LogP contribution in [-0.4, -0.2) is 19.6 Å². The van der Waals surface area contributed by atoms with Crippen molar-refractivity contribution < 1.29 is 4.74 Å². The number of amidine groups is 1. The molecule has 0 amide bonds. The lowest BCUT2D eigenvalue weighted by atomic mass is 10.3. The summed E-state index contributed by atoms with van der Waals surface area (Å²) in [5.41, 5.74) is 3.44. The highest BCUT2D eigenvalue weighted by Gasteiger charge is 1.96. The van der Waals surface area contributed by atoms with Crippen molar-refractivity contribution in [1.82, 2.24) is 5.43 Å². The molecule has 0 saturated heterocycles. The molecule has 0 spiro atoms. The number of nitrogens with one attached hydrogen (secondary N) is 1.